The van der Waals surface area contributed by atoms with Crippen molar-refractivity contribution in [2.75, 3.05) is 0 Å². The molecule has 1 aliphatic carbocycles. The Bertz CT molecular complexity index is 1420. The molecule has 5 rings (SSSR count). The summed E-state index contributed by atoms with van der Waals surface area (Å²) >= 11 is 0.949. The molecular weight excluding hydrogens is 438 g/mol. The van der Waals surface area contributed by atoms with Gasteiger partial charge in [-0.2, -0.15) is 13.5 Å². The minimum absolute atomic E-state index is 0.0137. The summed E-state index contributed by atoms with van der Waals surface area (Å²) < 4.78 is 42.9. The Balaban J connectivity index is 1.58. The minimum atomic E-state index is -4.02. The zero-order valence-electron chi connectivity index (χ0n) is 16.5. The van der Waals surface area contributed by atoms with Crippen molar-refractivity contribution in [2.45, 2.75) is 43.0 Å². The summed E-state index contributed by atoms with van der Waals surface area (Å²) in [6.45, 7) is 1.90. The van der Waals surface area contributed by atoms with Crippen molar-refractivity contribution in [1.29, 1.82) is 0 Å². The molecule has 2 heterocycles. The highest BCUT2D eigenvalue weighted by atomic mass is 32.2. The molecule has 0 amide bonds. The fraction of sp³-hybridized carbons (Fsp3) is 0.300. The number of nitrogens with one attached hydrogen (secondary N) is 2. The minimum Gasteiger partial charge on any atom is -0.391 e. The van der Waals surface area contributed by atoms with Gasteiger partial charge in [0.15, 0.2) is 0 Å². The molecule has 9 nitrogen and oxygen atoms in total. The van der Waals surface area contributed by atoms with E-state index in [1.165, 1.54) is 17.2 Å². The second kappa shape index (κ2) is 7.66. The van der Waals surface area contributed by atoms with Crippen LogP contribution in [0.3, 0.4) is 0 Å². The first-order valence-corrected chi connectivity index (χ1v) is 12.0. The Morgan fingerprint density at radius 2 is 2.00 bits per heavy atom. The van der Waals surface area contributed by atoms with Gasteiger partial charge in [0, 0.05) is 5.92 Å². The summed E-state index contributed by atoms with van der Waals surface area (Å²) in [4.78, 5) is 11.7. The van der Waals surface area contributed by atoms with Crippen LogP contribution in [-0.4, -0.2) is 27.4 Å². The normalized spacial score (nSPS) is 15.8. The summed E-state index contributed by atoms with van der Waals surface area (Å²) in [7, 11) is -4.02. The molecule has 2 aromatic carbocycles. The number of fused-ring (bicyclic) bond motifs is 2. The van der Waals surface area contributed by atoms with Crippen LogP contribution in [-0.2, 0) is 22.9 Å². The maximum absolute atomic E-state index is 13.4. The fourth-order valence-electron chi connectivity index (χ4n) is 4.22. The number of hydrogen-bond acceptors (Lipinski definition) is 8. The molecule has 1 aliphatic rings. The number of rotatable bonds is 6. The Morgan fingerprint density at radius 3 is 2.81 bits per heavy atom. The van der Waals surface area contributed by atoms with E-state index < -0.39 is 21.8 Å². The SMILES string of the molecule is CC(c1cccc2c1CCC2)C(NS(=O)(=O)c1cccc2nsnc12)c1n[nH]c(=O)o1. The third-order valence-corrected chi connectivity index (χ3v) is 7.73. The number of sulfonamides is 1. The topological polar surface area (TPSA) is 131 Å². The summed E-state index contributed by atoms with van der Waals surface area (Å²) in [5.41, 5.74) is 4.32. The van der Waals surface area contributed by atoms with E-state index in [9.17, 15) is 13.2 Å². The molecule has 0 saturated heterocycles. The smallest absolute Gasteiger partial charge is 0.391 e. The third kappa shape index (κ3) is 3.58. The first-order chi connectivity index (χ1) is 14.9. The second-order valence-electron chi connectivity index (χ2n) is 7.57. The van der Waals surface area contributed by atoms with Gasteiger partial charge in [0.25, 0.3) is 0 Å². The molecule has 0 aliphatic heterocycles. The lowest BCUT2D eigenvalue weighted by Gasteiger charge is -2.24. The van der Waals surface area contributed by atoms with E-state index in [2.05, 4.69) is 29.7 Å². The number of nitrogens with zero attached hydrogens (tertiary/aromatic N) is 3. The highest BCUT2D eigenvalue weighted by Gasteiger charge is 2.34. The largest absolute Gasteiger partial charge is 0.434 e. The Morgan fingerprint density at radius 1 is 1.16 bits per heavy atom. The maximum Gasteiger partial charge on any atom is 0.434 e. The van der Waals surface area contributed by atoms with Crippen molar-refractivity contribution in [3.05, 3.63) is 69.5 Å². The molecule has 0 spiro atoms. The highest BCUT2D eigenvalue weighted by molar-refractivity contribution is 7.89. The Hall–Kier alpha value is -2.89. The molecule has 2 N–H and O–H groups in total. The summed E-state index contributed by atoms with van der Waals surface area (Å²) in [6.07, 6.45) is 3.00. The van der Waals surface area contributed by atoms with Crippen LogP contribution in [0.4, 0.5) is 0 Å². The molecule has 4 aromatic rings. The molecule has 0 radical (unpaired) electrons. The standard InChI is InChI=1S/C20H19N5O4S2/c1-11(13-7-2-5-12-6-3-8-14(12)13)17(19-21-22-20(26)29-19)25-31(27,28)16-10-4-9-15-18(16)24-30-23-15/h2,4-5,7,9-11,17,25H,3,6,8H2,1H3,(H,22,26). The van der Waals surface area contributed by atoms with Crippen LogP contribution >= 0.6 is 11.7 Å². The predicted octanol–water partition coefficient (Wildman–Crippen LogP) is 2.68. The van der Waals surface area contributed by atoms with Gasteiger partial charge in [-0.3, -0.25) is 0 Å². The zero-order chi connectivity index (χ0) is 21.6. The third-order valence-electron chi connectivity index (χ3n) is 5.71. The molecule has 0 fully saturated rings. The lowest BCUT2D eigenvalue weighted by atomic mass is 9.88. The molecule has 0 bridgehead atoms. The summed E-state index contributed by atoms with van der Waals surface area (Å²) in [5.74, 6) is -1.09. The average molecular weight is 458 g/mol. The van der Waals surface area contributed by atoms with Crippen LogP contribution < -0.4 is 10.5 Å². The fourth-order valence-corrected chi connectivity index (χ4v) is 6.26. The van der Waals surface area contributed by atoms with Gasteiger partial charge in [-0.1, -0.05) is 31.2 Å². The van der Waals surface area contributed by atoms with Gasteiger partial charge in [-0.15, -0.1) is 5.10 Å². The van der Waals surface area contributed by atoms with E-state index in [4.69, 9.17) is 4.42 Å². The number of hydrogen-bond donors (Lipinski definition) is 2. The van der Waals surface area contributed by atoms with Crippen LogP contribution in [0, 0.1) is 0 Å². The summed E-state index contributed by atoms with van der Waals surface area (Å²) in [6, 6.07) is 9.98. The first kappa shape index (κ1) is 20.0. The van der Waals surface area contributed by atoms with E-state index in [-0.39, 0.29) is 16.7 Å². The number of H-pyrrole nitrogens is 1. The van der Waals surface area contributed by atoms with Crippen LogP contribution in [0.5, 0.6) is 0 Å². The average Bonchev–Trinajstić information content (AvgIpc) is 3.50. The monoisotopic (exact) mass is 457 g/mol. The maximum atomic E-state index is 13.4. The van der Waals surface area contributed by atoms with Crippen molar-refractivity contribution >= 4 is 32.8 Å². The second-order valence-corrected chi connectivity index (χ2v) is 9.78. The molecule has 160 valence electrons. The van der Waals surface area contributed by atoms with Crippen LogP contribution in [0.2, 0.25) is 0 Å². The van der Waals surface area contributed by atoms with Crippen LogP contribution in [0.25, 0.3) is 11.0 Å². The van der Waals surface area contributed by atoms with Gasteiger partial charge in [-0.25, -0.2) is 18.3 Å². The van der Waals surface area contributed by atoms with Crippen LogP contribution in [0.1, 0.15) is 47.9 Å². The van der Waals surface area contributed by atoms with Gasteiger partial charge in [0.1, 0.15) is 22.0 Å². The van der Waals surface area contributed by atoms with E-state index in [1.807, 2.05) is 19.1 Å². The van der Waals surface area contributed by atoms with E-state index in [0.717, 1.165) is 36.6 Å². The van der Waals surface area contributed by atoms with E-state index in [1.54, 1.807) is 12.1 Å². The lowest BCUT2D eigenvalue weighted by molar-refractivity contribution is 0.381. The number of aryl methyl sites for hydroxylation is 1. The first-order valence-electron chi connectivity index (χ1n) is 9.84. The van der Waals surface area contributed by atoms with Crippen molar-refractivity contribution < 1.29 is 12.8 Å². The van der Waals surface area contributed by atoms with E-state index in [0.29, 0.717) is 11.0 Å². The summed E-state index contributed by atoms with van der Waals surface area (Å²) in [5, 5.41) is 6.16. The van der Waals surface area contributed by atoms with Crippen molar-refractivity contribution in [3.63, 3.8) is 0 Å². The van der Waals surface area contributed by atoms with Crippen molar-refractivity contribution in [1.82, 2.24) is 23.7 Å². The van der Waals surface area contributed by atoms with Gasteiger partial charge < -0.3 is 4.42 Å². The number of aromatic amines is 1. The van der Waals surface area contributed by atoms with Crippen LogP contribution in [0.15, 0.2) is 50.5 Å². The number of aromatic nitrogens is 4. The van der Waals surface area contributed by atoms with E-state index >= 15 is 0 Å². The molecule has 0 saturated carbocycles. The molecule has 2 unspecified atom stereocenters. The van der Waals surface area contributed by atoms with Crippen molar-refractivity contribution in [3.8, 4) is 0 Å². The highest BCUT2D eigenvalue weighted by Crippen LogP contribution is 2.37. The Labute approximate surface area is 181 Å². The number of benzene rings is 2. The Kier molecular flexibility index (Phi) is 4.95. The molecular formula is C20H19N5O4S2. The van der Waals surface area contributed by atoms with Gasteiger partial charge in [-0.05, 0) is 48.1 Å². The molecule has 11 heteroatoms. The molecule has 31 heavy (non-hydrogen) atoms. The predicted molar refractivity (Wildman–Crippen MR) is 114 cm³/mol. The van der Waals surface area contributed by atoms with Gasteiger partial charge >= 0.3 is 5.76 Å². The van der Waals surface area contributed by atoms with Gasteiger partial charge in [0.2, 0.25) is 15.9 Å². The zero-order valence-corrected chi connectivity index (χ0v) is 18.2. The molecule has 2 atom stereocenters. The quantitative estimate of drug-likeness (QED) is 0.455. The van der Waals surface area contributed by atoms with Gasteiger partial charge in [0.05, 0.1) is 11.7 Å². The molecule has 2 aromatic heterocycles. The lowest BCUT2D eigenvalue weighted by Crippen LogP contribution is -2.32. The van der Waals surface area contributed by atoms with Crippen molar-refractivity contribution in [2.24, 2.45) is 0 Å².